The van der Waals surface area contributed by atoms with Crippen molar-refractivity contribution in [2.45, 2.75) is 58.4 Å². The van der Waals surface area contributed by atoms with Crippen molar-refractivity contribution >= 4 is 18.0 Å². The number of carbonyl (C=O) groups excluding carboxylic acids is 3. The van der Waals surface area contributed by atoms with Gasteiger partial charge in [0.2, 0.25) is 5.91 Å². The first-order valence-corrected chi connectivity index (χ1v) is 10.6. The van der Waals surface area contributed by atoms with Crippen molar-refractivity contribution in [3.05, 3.63) is 71.3 Å². The van der Waals surface area contributed by atoms with Gasteiger partial charge in [-0.25, -0.2) is 9.59 Å². The van der Waals surface area contributed by atoms with Gasteiger partial charge in [-0.1, -0.05) is 42.5 Å². The first kappa shape index (κ1) is 25.4. The van der Waals surface area contributed by atoms with Gasteiger partial charge in [-0.3, -0.25) is 4.79 Å². The van der Waals surface area contributed by atoms with Gasteiger partial charge in [-0.05, 0) is 51.0 Å². The minimum atomic E-state index is -1.00. The predicted octanol–water partition coefficient (Wildman–Crippen LogP) is 3.24. The molecule has 0 fully saturated rings. The molecule has 0 heterocycles. The highest BCUT2D eigenvalue weighted by atomic mass is 16.6. The summed E-state index contributed by atoms with van der Waals surface area (Å²) in [6, 6.07) is 16.0. The van der Waals surface area contributed by atoms with E-state index in [0.29, 0.717) is 5.56 Å². The van der Waals surface area contributed by atoms with Gasteiger partial charge in [0.15, 0.2) is 0 Å². The Morgan fingerprint density at radius 2 is 1.61 bits per heavy atom. The van der Waals surface area contributed by atoms with Crippen LogP contribution in [0.2, 0.25) is 0 Å². The molecule has 2 atom stereocenters. The van der Waals surface area contributed by atoms with Gasteiger partial charge in [-0.15, -0.1) is 0 Å². The number of hydrogen-bond donors (Lipinski definition) is 2. The second-order valence-electron chi connectivity index (χ2n) is 8.54. The largest absolute Gasteiger partial charge is 0.459 e. The van der Waals surface area contributed by atoms with Gasteiger partial charge in [0.25, 0.3) is 0 Å². The molecule has 0 aliphatic rings. The molecule has 0 aliphatic heterocycles. The molecule has 0 saturated heterocycles. The molecular weight excluding hydrogens is 422 g/mol. The molecule has 0 unspecified atom stereocenters. The molecule has 2 amide bonds. The Balaban J connectivity index is 2.04. The van der Waals surface area contributed by atoms with Crippen LogP contribution in [0.15, 0.2) is 54.6 Å². The lowest BCUT2D eigenvalue weighted by Gasteiger charge is -2.24. The highest BCUT2D eigenvalue weighted by molar-refractivity contribution is 5.89. The smallest absolute Gasteiger partial charge is 0.408 e. The average Bonchev–Trinajstić information content (AvgIpc) is 2.76. The fourth-order valence-corrected chi connectivity index (χ4v) is 2.84. The summed E-state index contributed by atoms with van der Waals surface area (Å²) in [4.78, 5) is 37.5. The molecule has 0 saturated carbocycles. The lowest BCUT2D eigenvalue weighted by atomic mass is 10.0. The van der Waals surface area contributed by atoms with Crippen molar-refractivity contribution in [2.75, 3.05) is 0 Å². The number of hydrogen-bond acceptors (Lipinski definition) is 6. The van der Waals surface area contributed by atoms with E-state index < -0.39 is 35.7 Å². The minimum absolute atomic E-state index is 0.0880. The molecule has 2 aromatic rings. The van der Waals surface area contributed by atoms with Gasteiger partial charge in [0, 0.05) is 6.42 Å². The van der Waals surface area contributed by atoms with Crippen LogP contribution in [0.4, 0.5) is 4.79 Å². The molecule has 2 N–H and O–H groups in total. The summed E-state index contributed by atoms with van der Waals surface area (Å²) in [6.07, 6.45) is -0.613. The zero-order valence-electron chi connectivity index (χ0n) is 19.3. The molecule has 0 spiro atoms. The molecule has 2 rings (SSSR count). The van der Waals surface area contributed by atoms with E-state index in [1.807, 2.05) is 36.4 Å². The van der Waals surface area contributed by atoms with E-state index in [0.717, 1.165) is 11.1 Å². The molecule has 8 heteroatoms. The SMILES string of the molecule is C[C@H](NC(=O)[C@H](Cc1ccc(C#N)cc1)NC(=O)OC(C)(C)C)C(=O)OCc1ccccc1. The Morgan fingerprint density at radius 1 is 0.970 bits per heavy atom. The summed E-state index contributed by atoms with van der Waals surface area (Å²) in [6.45, 7) is 6.75. The number of nitrogens with zero attached hydrogens (tertiary/aromatic N) is 1. The van der Waals surface area contributed by atoms with Crippen molar-refractivity contribution in [1.82, 2.24) is 10.6 Å². The van der Waals surface area contributed by atoms with Crippen LogP contribution in [-0.2, 0) is 32.1 Å². The van der Waals surface area contributed by atoms with Gasteiger partial charge >= 0.3 is 12.1 Å². The third-order valence-electron chi connectivity index (χ3n) is 4.47. The molecule has 0 bridgehead atoms. The van der Waals surface area contributed by atoms with Crippen LogP contribution in [0.25, 0.3) is 0 Å². The van der Waals surface area contributed by atoms with Gasteiger partial charge in [0.05, 0.1) is 11.6 Å². The summed E-state index contributed by atoms with van der Waals surface area (Å²) in [5.74, 6) is -1.16. The number of nitrogens with one attached hydrogen (secondary N) is 2. The molecule has 0 aliphatic carbocycles. The molecule has 2 aromatic carbocycles. The van der Waals surface area contributed by atoms with E-state index in [9.17, 15) is 14.4 Å². The zero-order valence-corrected chi connectivity index (χ0v) is 19.3. The fraction of sp³-hybridized carbons (Fsp3) is 0.360. The van der Waals surface area contributed by atoms with Crippen molar-refractivity contribution in [3.8, 4) is 6.07 Å². The molecule has 174 valence electrons. The van der Waals surface area contributed by atoms with Crippen molar-refractivity contribution < 1.29 is 23.9 Å². The Kier molecular flexibility index (Phi) is 8.98. The van der Waals surface area contributed by atoms with Gasteiger partial charge in [0.1, 0.15) is 24.3 Å². The lowest BCUT2D eigenvalue weighted by molar-refractivity contribution is -0.148. The summed E-state index contributed by atoms with van der Waals surface area (Å²) in [5.41, 5.74) is 1.29. The number of amides is 2. The van der Waals surface area contributed by atoms with Crippen LogP contribution < -0.4 is 10.6 Å². The molecule has 0 radical (unpaired) electrons. The topological polar surface area (TPSA) is 118 Å². The van der Waals surface area contributed by atoms with Gasteiger partial charge in [-0.2, -0.15) is 5.26 Å². The second kappa shape index (κ2) is 11.7. The number of carbonyl (C=O) groups is 3. The number of alkyl carbamates (subject to hydrolysis) is 1. The van der Waals surface area contributed by atoms with E-state index in [1.165, 1.54) is 6.92 Å². The van der Waals surface area contributed by atoms with Crippen LogP contribution >= 0.6 is 0 Å². The normalized spacial score (nSPS) is 12.6. The maximum absolute atomic E-state index is 12.9. The first-order valence-electron chi connectivity index (χ1n) is 10.6. The lowest BCUT2D eigenvalue weighted by Crippen LogP contribution is -2.52. The Bertz CT molecular complexity index is 991. The number of ether oxygens (including phenoxy) is 2. The summed E-state index contributed by atoms with van der Waals surface area (Å²) in [7, 11) is 0. The third-order valence-corrected chi connectivity index (χ3v) is 4.47. The third kappa shape index (κ3) is 9.03. The second-order valence-corrected chi connectivity index (χ2v) is 8.54. The first-order chi connectivity index (χ1) is 15.6. The maximum Gasteiger partial charge on any atom is 0.408 e. The number of rotatable bonds is 8. The quantitative estimate of drug-likeness (QED) is 0.595. The van der Waals surface area contributed by atoms with E-state index in [4.69, 9.17) is 14.7 Å². The molecular formula is C25H29N3O5. The van der Waals surface area contributed by atoms with E-state index in [2.05, 4.69) is 10.6 Å². The van der Waals surface area contributed by atoms with E-state index in [1.54, 1.807) is 45.0 Å². The molecule has 0 aromatic heterocycles. The summed E-state index contributed by atoms with van der Waals surface area (Å²) >= 11 is 0. The highest BCUT2D eigenvalue weighted by Gasteiger charge is 2.27. The summed E-state index contributed by atoms with van der Waals surface area (Å²) < 4.78 is 10.5. The van der Waals surface area contributed by atoms with Crippen LogP contribution in [-0.4, -0.2) is 35.7 Å². The molecule has 8 nitrogen and oxygen atoms in total. The monoisotopic (exact) mass is 451 g/mol. The van der Waals surface area contributed by atoms with E-state index in [-0.39, 0.29) is 13.0 Å². The highest BCUT2D eigenvalue weighted by Crippen LogP contribution is 2.10. The van der Waals surface area contributed by atoms with Crippen LogP contribution in [0.3, 0.4) is 0 Å². The summed E-state index contributed by atoms with van der Waals surface area (Å²) in [5, 5.41) is 14.1. The Morgan fingerprint density at radius 3 is 2.18 bits per heavy atom. The zero-order chi connectivity index (χ0) is 24.4. The number of nitriles is 1. The fourth-order valence-electron chi connectivity index (χ4n) is 2.84. The standard InChI is InChI=1S/C25H29N3O5/c1-17(23(30)32-16-20-8-6-5-7-9-20)27-22(29)21(28-24(31)33-25(2,3)4)14-18-10-12-19(15-26)13-11-18/h5-13,17,21H,14,16H2,1-4H3,(H,27,29)(H,28,31)/t17-,21-/m0/s1. The number of benzene rings is 2. The molecule has 33 heavy (non-hydrogen) atoms. The van der Waals surface area contributed by atoms with Crippen molar-refractivity contribution in [3.63, 3.8) is 0 Å². The minimum Gasteiger partial charge on any atom is -0.459 e. The predicted molar refractivity (Wildman–Crippen MR) is 122 cm³/mol. The van der Waals surface area contributed by atoms with Crippen molar-refractivity contribution in [1.29, 1.82) is 5.26 Å². The Hall–Kier alpha value is -3.86. The van der Waals surface area contributed by atoms with Gasteiger partial charge < -0.3 is 20.1 Å². The average molecular weight is 452 g/mol. The van der Waals surface area contributed by atoms with E-state index >= 15 is 0 Å². The van der Waals surface area contributed by atoms with Crippen LogP contribution in [0, 0.1) is 11.3 Å². The Labute approximate surface area is 193 Å². The van der Waals surface area contributed by atoms with Crippen molar-refractivity contribution in [2.24, 2.45) is 0 Å². The van der Waals surface area contributed by atoms with Crippen LogP contribution in [0.1, 0.15) is 44.4 Å². The number of esters is 1. The van der Waals surface area contributed by atoms with Crippen LogP contribution in [0.5, 0.6) is 0 Å². The maximum atomic E-state index is 12.9.